The van der Waals surface area contributed by atoms with Gasteiger partial charge in [0.05, 0.1) is 4.90 Å². The Labute approximate surface area is 165 Å². The number of hydrogen-bond acceptors (Lipinski definition) is 4. The third-order valence-corrected chi connectivity index (χ3v) is 5.65. The minimum atomic E-state index is -3.86. The van der Waals surface area contributed by atoms with Crippen molar-refractivity contribution in [3.05, 3.63) is 52.5 Å². The van der Waals surface area contributed by atoms with E-state index in [9.17, 15) is 18.0 Å². The van der Waals surface area contributed by atoms with Crippen molar-refractivity contribution in [3.63, 3.8) is 0 Å². The maximum Gasteiger partial charge on any atom is 0.312 e. The molecule has 0 aliphatic heterocycles. The Morgan fingerprint density at radius 3 is 2.26 bits per heavy atom. The van der Waals surface area contributed by atoms with Crippen LogP contribution in [0.3, 0.4) is 0 Å². The molecule has 1 atom stereocenters. The number of halogens is 1. The molecular formula is C17H19BrN4O4S. The van der Waals surface area contributed by atoms with Crippen LogP contribution >= 0.6 is 15.9 Å². The van der Waals surface area contributed by atoms with Crippen LogP contribution in [0.2, 0.25) is 0 Å². The van der Waals surface area contributed by atoms with Crippen molar-refractivity contribution in [1.82, 2.24) is 5.32 Å². The topological polar surface area (TPSA) is 130 Å². The normalized spacial score (nSPS) is 12.1. The maximum absolute atomic E-state index is 12.7. The molecule has 0 saturated heterocycles. The number of nitrogens with one attached hydrogen (secondary N) is 3. The number of rotatable bonds is 6. The van der Waals surface area contributed by atoms with E-state index in [1.807, 2.05) is 0 Å². The molecule has 27 heavy (non-hydrogen) atoms. The van der Waals surface area contributed by atoms with E-state index >= 15 is 0 Å². The predicted octanol–water partition coefficient (Wildman–Crippen LogP) is 2.55. The zero-order valence-electron chi connectivity index (χ0n) is 14.6. The standard InChI is InChI=1S/C17H19BrN4O4S/c1-10-3-6-14(21-16(23)11(2)20-17(19)24)9-15(10)27(25,26)22-13-7-4-12(18)5-8-13/h3-9,11,22H,1-2H3,(H,21,23)(H3,19,20,24). The fourth-order valence-corrected chi connectivity index (χ4v) is 3.82. The molecule has 5 N–H and O–H groups in total. The van der Waals surface area contributed by atoms with Crippen molar-refractivity contribution in [2.75, 3.05) is 10.0 Å². The summed E-state index contributed by atoms with van der Waals surface area (Å²) in [6.45, 7) is 3.11. The zero-order valence-corrected chi connectivity index (χ0v) is 17.0. The van der Waals surface area contributed by atoms with Crippen molar-refractivity contribution in [2.24, 2.45) is 5.73 Å². The first-order valence-corrected chi connectivity index (χ1v) is 10.1. The molecule has 0 radical (unpaired) electrons. The lowest BCUT2D eigenvalue weighted by Gasteiger charge is -2.15. The number of benzene rings is 2. The fraction of sp³-hybridized carbons (Fsp3) is 0.176. The van der Waals surface area contributed by atoms with Gasteiger partial charge in [-0.05, 0) is 55.8 Å². The number of amides is 3. The van der Waals surface area contributed by atoms with E-state index in [1.54, 1.807) is 43.3 Å². The van der Waals surface area contributed by atoms with Gasteiger partial charge in [-0.15, -0.1) is 0 Å². The SMILES string of the molecule is Cc1ccc(NC(=O)C(C)NC(N)=O)cc1S(=O)(=O)Nc1ccc(Br)cc1. The van der Waals surface area contributed by atoms with Crippen LogP contribution in [0.4, 0.5) is 16.2 Å². The van der Waals surface area contributed by atoms with Crippen molar-refractivity contribution in [3.8, 4) is 0 Å². The largest absolute Gasteiger partial charge is 0.352 e. The van der Waals surface area contributed by atoms with E-state index < -0.39 is 28.0 Å². The smallest absolute Gasteiger partial charge is 0.312 e. The monoisotopic (exact) mass is 454 g/mol. The molecule has 0 spiro atoms. The molecule has 2 rings (SSSR count). The molecule has 144 valence electrons. The van der Waals surface area contributed by atoms with Crippen LogP contribution in [0.1, 0.15) is 12.5 Å². The minimum Gasteiger partial charge on any atom is -0.352 e. The highest BCUT2D eigenvalue weighted by Crippen LogP contribution is 2.24. The summed E-state index contributed by atoms with van der Waals surface area (Å²) >= 11 is 3.29. The van der Waals surface area contributed by atoms with Crippen LogP contribution < -0.4 is 21.1 Å². The Morgan fingerprint density at radius 2 is 1.67 bits per heavy atom. The van der Waals surface area contributed by atoms with Crippen molar-refractivity contribution in [1.29, 1.82) is 0 Å². The van der Waals surface area contributed by atoms with Gasteiger partial charge in [0.1, 0.15) is 6.04 Å². The molecule has 0 fully saturated rings. The molecule has 0 bridgehead atoms. The van der Waals surface area contributed by atoms with Gasteiger partial charge in [0.15, 0.2) is 0 Å². The van der Waals surface area contributed by atoms with E-state index in [1.165, 1.54) is 13.0 Å². The lowest BCUT2D eigenvalue weighted by Crippen LogP contribution is -2.44. The second kappa shape index (κ2) is 8.40. The van der Waals surface area contributed by atoms with Crippen molar-refractivity contribution < 1.29 is 18.0 Å². The molecule has 2 aromatic rings. The number of primary amides is 1. The Balaban J connectivity index is 2.24. The van der Waals surface area contributed by atoms with Crippen LogP contribution in [0, 0.1) is 6.92 Å². The van der Waals surface area contributed by atoms with Crippen LogP contribution in [-0.4, -0.2) is 26.4 Å². The van der Waals surface area contributed by atoms with Crippen molar-refractivity contribution >= 4 is 49.3 Å². The molecule has 1 unspecified atom stereocenters. The average molecular weight is 455 g/mol. The van der Waals surface area contributed by atoms with Gasteiger partial charge >= 0.3 is 6.03 Å². The number of aryl methyl sites for hydroxylation is 1. The number of sulfonamides is 1. The highest BCUT2D eigenvalue weighted by atomic mass is 79.9. The lowest BCUT2D eigenvalue weighted by atomic mass is 10.2. The predicted molar refractivity (Wildman–Crippen MR) is 107 cm³/mol. The molecule has 8 nitrogen and oxygen atoms in total. The highest BCUT2D eigenvalue weighted by molar-refractivity contribution is 9.10. The van der Waals surface area contributed by atoms with Gasteiger partial charge in [-0.25, -0.2) is 13.2 Å². The summed E-state index contributed by atoms with van der Waals surface area (Å²) in [4.78, 5) is 22.9. The number of nitrogens with two attached hydrogens (primary N) is 1. The molecule has 0 aliphatic rings. The third kappa shape index (κ3) is 5.69. The number of hydrogen-bond donors (Lipinski definition) is 4. The first-order valence-electron chi connectivity index (χ1n) is 7.84. The molecule has 3 amide bonds. The van der Waals surface area contributed by atoms with E-state index in [4.69, 9.17) is 5.73 Å². The first-order chi connectivity index (χ1) is 12.6. The molecular weight excluding hydrogens is 436 g/mol. The van der Waals surface area contributed by atoms with Gasteiger partial charge in [0.25, 0.3) is 10.0 Å². The number of urea groups is 1. The van der Waals surface area contributed by atoms with Crippen LogP contribution in [0.5, 0.6) is 0 Å². The summed E-state index contributed by atoms with van der Waals surface area (Å²) in [6.07, 6.45) is 0. The second-order valence-electron chi connectivity index (χ2n) is 5.81. The van der Waals surface area contributed by atoms with Crippen LogP contribution in [0.25, 0.3) is 0 Å². The molecule has 0 heterocycles. The van der Waals surface area contributed by atoms with E-state index in [0.29, 0.717) is 11.3 Å². The zero-order chi connectivity index (χ0) is 20.2. The number of carbonyl (C=O) groups is 2. The maximum atomic E-state index is 12.7. The summed E-state index contributed by atoms with van der Waals surface area (Å²) in [6, 6.07) is 9.49. The summed E-state index contributed by atoms with van der Waals surface area (Å²) in [5.41, 5.74) is 6.19. The highest BCUT2D eigenvalue weighted by Gasteiger charge is 2.19. The molecule has 10 heteroatoms. The van der Waals surface area contributed by atoms with Gasteiger partial charge in [-0.3, -0.25) is 9.52 Å². The Kier molecular flexibility index (Phi) is 6.45. The second-order valence-corrected chi connectivity index (χ2v) is 8.38. The molecule has 2 aromatic carbocycles. The summed E-state index contributed by atoms with van der Waals surface area (Å²) in [5.74, 6) is -0.526. The van der Waals surface area contributed by atoms with Gasteiger partial charge in [0.2, 0.25) is 5.91 Å². The van der Waals surface area contributed by atoms with E-state index in [0.717, 1.165) is 4.47 Å². The number of carbonyl (C=O) groups excluding carboxylic acids is 2. The van der Waals surface area contributed by atoms with Crippen LogP contribution in [0.15, 0.2) is 51.8 Å². The Hall–Kier alpha value is -2.59. The lowest BCUT2D eigenvalue weighted by molar-refractivity contribution is -0.117. The van der Waals surface area contributed by atoms with Gasteiger partial charge < -0.3 is 16.4 Å². The molecule has 0 saturated carbocycles. The summed E-state index contributed by atoms with van der Waals surface area (Å²) < 4.78 is 28.8. The third-order valence-electron chi connectivity index (χ3n) is 3.59. The fourth-order valence-electron chi connectivity index (χ4n) is 2.22. The van der Waals surface area contributed by atoms with Crippen LogP contribution in [-0.2, 0) is 14.8 Å². The summed E-state index contributed by atoms with van der Waals surface area (Å²) in [5, 5.41) is 4.80. The minimum absolute atomic E-state index is 0.0266. The number of anilines is 2. The quantitative estimate of drug-likeness (QED) is 0.533. The average Bonchev–Trinajstić information content (AvgIpc) is 2.57. The van der Waals surface area contributed by atoms with Gasteiger partial charge in [-0.2, -0.15) is 0 Å². The molecule has 0 aromatic heterocycles. The Bertz CT molecular complexity index is 961. The summed E-state index contributed by atoms with van der Waals surface area (Å²) in [7, 11) is -3.86. The van der Waals surface area contributed by atoms with Crippen molar-refractivity contribution in [2.45, 2.75) is 24.8 Å². The van der Waals surface area contributed by atoms with E-state index in [2.05, 4.69) is 31.3 Å². The van der Waals surface area contributed by atoms with Gasteiger partial charge in [-0.1, -0.05) is 22.0 Å². The van der Waals surface area contributed by atoms with Gasteiger partial charge in [0, 0.05) is 15.8 Å². The molecule has 0 aliphatic carbocycles. The first kappa shape index (κ1) is 20.7. The Morgan fingerprint density at radius 1 is 1.07 bits per heavy atom. The van der Waals surface area contributed by atoms with E-state index in [-0.39, 0.29) is 10.6 Å².